The number of hydrogen-bond acceptors (Lipinski definition) is 3. The number of nitrogens with zero attached hydrogens (tertiary/aromatic N) is 2. The zero-order valence-corrected chi connectivity index (χ0v) is 10.7. The molecule has 0 aromatic carbocycles. The van der Waals surface area contributed by atoms with Gasteiger partial charge in [0.25, 0.3) is 5.91 Å². The lowest BCUT2D eigenvalue weighted by atomic mass is 10.2. The lowest BCUT2D eigenvalue weighted by Gasteiger charge is -2.16. The molecule has 94 valence electrons. The minimum atomic E-state index is -0.230. The van der Waals surface area contributed by atoms with Crippen molar-refractivity contribution in [3.05, 3.63) is 11.8 Å². The fraction of sp³-hybridized carbons (Fsp3) is 0.692. The van der Waals surface area contributed by atoms with Crippen LogP contribution in [0.2, 0.25) is 0 Å². The van der Waals surface area contributed by atoms with Gasteiger partial charge in [-0.1, -0.05) is 12.8 Å². The summed E-state index contributed by atoms with van der Waals surface area (Å²) in [5.41, 5.74) is 0.209. The van der Waals surface area contributed by atoms with Crippen molar-refractivity contribution in [3.8, 4) is 6.07 Å². The van der Waals surface area contributed by atoms with Crippen molar-refractivity contribution in [2.24, 2.45) is 0 Å². The smallest absolute Gasteiger partial charge is 0.263 e. The number of nitrogens with one attached hydrogen (secondary N) is 1. The first kappa shape index (κ1) is 13.6. The Morgan fingerprint density at radius 1 is 1.41 bits per heavy atom. The van der Waals surface area contributed by atoms with E-state index in [2.05, 4.69) is 5.32 Å². The van der Waals surface area contributed by atoms with Crippen molar-refractivity contribution in [2.45, 2.75) is 45.6 Å². The van der Waals surface area contributed by atoms with Gasteiger partial charge in [-0.3, -0.25) is 4.79 Å². The van der Waals surface area contributed by atoms with Crippen LogP contribution in [0.4, 0.5) is 0 Å². The number of amides is 1. The minimum Gasteiger partial charge on any atom is -0.377 e. The molecule has 4 heteroatoms. The topological polar surface area (TPSA) is 56.1 Å². The lowest BCUT2D eigenvalue weighted by molar-refractivity contribution is -0.117. The molecule has 0 atom stereocenters. The van der Waals surface area contributed by atoms with Gasteiger partial charge < -0.3 is 10.2 Å². The molecule has 4 nitrogen and oxygen atoms in total. The summed E-state index contributed by atoms with van der Waals surface area (Å²) < 4.78 is 0. The second kappa shape index (κ2) is 6.95. The number of rotatable bonds is 5. The number of hydrogen-bond donors (Lipinski definition) is 1. The van der Waals surface area contributed by atoms with Gasteiger partial charge in [0.2, 0.25) is 0 Å². The molecule has 0 unspecified atom stereocenters. The maximum atomic E-state index is 11.9. The number of carbonyl (C=O) groups is 1. The summed E-state index contributed by atoms with van der Waals surface area (Å²) in [6.07, 6.45) is 6.08. The highest BCUT2D eigenvalue weighted by atomic mass is 16.1. The molecule has 1 N–H and O–H groups in total. The van der Waals surface area contributed by atoms with Gasteiger partial charge in [0.15, 0.2) is 0 Å². The first-order valence-corrected chi connectivity index (χ1v) is 6.38. The van der Waals surface area contributed by atoms with Gasteiger partial charge in [-0.2, -0.15) is 5.26 Å². The van der Waals surface area contributed by atoms with Crippen molar-refractivity contribution in [3.63, 3.8) is 0 Å². The highest BCUT2D eigenvalue weighted by molar-refractivity contribution is 5.97. The molecule has 0 aromatic rings. The second-order valence-corrected chi connectivity index (χ2v) is 4.33. The molecule has 0 heterocycles. The molecule has 0 saturated heterocycles. The van der Waals surface area contributed by atoms with Gasteiger partial charge >= 0.3 is 0 Å². The summed E-state index contributed by atoms with van der Waals surface area (Å²) in [5, 5.41) is 11.9. The molecule has 0 radical (unpaired) electrons. The Labute approximate surface area is 103 Å². The van der Waals surface area contributed by atoms with Crippen molar-refractivity contribution in [1.82, 2.24) is 10.2 Å². The van der Waals surface area contributed by atoms with Crippen LogP contribution in [0.5, 0.6) is 0 Å². The van der Waals surface area contributed by atoms with Crippen LogP contribution in [0.3, 0.4) is 0 Å². The summed E-state index contributed by atoms with van der Waals surface area (Å²) in [5.74, 6) is -0.230. The molecular weight excluding hydrogens is 214 g/mol. The van der Waals surface area contributed by atoms with Crippen LogP contribution >= 0.6 is 0 Å². The van der Waals surface area contributed by atoms with E-state index >= 15 is 0 Å². The molecule has 1 fully saturated rings. The summed E-state index contributed by atoms with van der Waals surface area (Å²) in [4.78, 5) is 13.8. The molecule has 1 aliphatic rings. The maximum Gasteiger partial charge on any atom is 0.263 e. The van der Waals surface area contributed by atoms with E-state index in [1.54, 1.807) is 6.20 Å². The highest BCUT2D eigenvalue weighted by Crippen LogP contribution is 2.17. The van der Waals surface area contributed by atoms with Crippen molar-refractivity contribution < 1.29 is 4.79 Å². The number of carbonyl (C=O) groups excluding carboxylic acids is 1. The van der Waals surface area contributed by atoms with E-state index in [4.69, 9.17) is 5.26 Å². The molecular formula is C13H21N3O. The van der Waals surface area contributed by atoms with Crippen LogP contribution in [0.25, 0.3) is 0 Å². The first-order valence-electron chi connectivity index (χ1n) is 6.38. The zero-order valence-electron chi connectivity index (χ0n) is 10.7. The molecule has 1 saturated carbocycles. The minimum absolute atomic E-state index is 0.209. The van der Waals surface area contributed by atoms with Gasteiger partial charge in [0.05, 0.1) is 0 Å². The average Bonchev–Trinajstić information content (AvgIpc) is 2.83. The molecule has 17 heavy (non-hydrogen) atoms. The van der Waals surface area contributed by atoms with Gasteiger partial charge in [-0.25, -0.2) is 0 Å². The summed E-state index contributed by atoms with van der Waals surface area (Å²) in [6, 6.07) is 2.24. The van der Waals surface area contributed by atoms with Crippen LogP contribution < -0.4 is 5.32 Å². The molecule has 1 rings (SSSR count). The van der Waals surface area contributed by atoms with Crippen molar-refractivity contribution >= 4 is 5.91 Å². The third-order valence-electron chi connectivity index (χ3n) is 3.18. The van der Waals surface area contributed by atoms with Gasteiger partial charge in [0.1, 0.15) is 11.6 Å². The van der Waals surface area contributed by atoms with Crippen LogP contribution in [-0.2, 0) is 4.79 Å². The standard InChI is InChI=1S/C13H21N3O/c1-3-16(4-2)10-11(9-14)13(17)15-12-7-5-6-8-12/h10,12H,3-8H2,1-2H3,(H,15,17)/b11-10-. The van der Waals surface area contributed by atoms with Gasteiger partial charge in [0, 0.05) is 25.3 Å². The van der Waals surface area contributed by atoms with Crippen LogP contribution in [0, 0.1) is 11.3 Å². The summed E-state index contributed by atoms with van der Waals surface area (Å²) in [7, 11) is 0. The van der Waals surface area contributed by atoms with Crippen LogP contribution in [0.15, 0.2) is 11.8 Å². The fourth-order valence-corrected chi connectivity index (χ4v) is 2.06. The van der Waals surface area contributed by atoms with E-state index in [1.165, 1.54) is 12.8 Å². The molecule has 1 aliphatic carbocycles. The maximum absolute atomic E-state index is 11.9. The third-order valence-corrected chi connectivity index (χ3v) is 3.18. The first-order chi connectivity index (χ1) is 8.21. The zero-order chi connectivity index (χ0) is 12.7. The molecule has 0 aliphatic heterocycles. The third kappa shape index (κ3) is 4.10. The quantitative estimate of drug-likeness (QED) is 0.584. The van der Waals surface area contributed by atoms with Crippen LogP contribution in [-0.4, -0.2) is 29.9 Å². The summed E-state index contributed by atoms with van der Waals surface area (Å²) in [6.45, 7) is 5.62. The van der Waals surface area contributed by atoms with E-state index in [0.717, 1.165) is 25.9 Å². The number of nitriles is 1. The van der Waals surface area contributed by atoms with Crippen LogP contribution in [0.1, 0.15) is 39.5 Å². The van der Waals surface area contributed by atoms with E-state index in [1.807, 2.05) is 24.8 Å². The average molecular weight is 235 g/mol. The fourth-order valence-electron chi connectivity index (χ4n) is 2.06. The van der Waals surface area contributed by atoms with Gasteiger partial charge in [-0.15, -0.1) is 0 Å². The second-order valence-electron chi connectivity index (χ2n) is 4.33. The Balaban J connectivity index is 2.60. The largest absolute Gasteiger partial charge is 0.377 e. The Bertz CT molecular complexity index is 320. The monoisotopic (exact) mass is 235 g/mol. The Hall–Kier alpha value is -1.50. The van der Waals surface area contributed by atoms with Crippen molar-refractivity contribution in [2.75, 3.05) is 13.1 Å². The van der Waals surface area contributed by atoms with E-state index in [0.29, 0.717) is 0 Å². The Kier molecular flexibility index (Phi) is 5.55. The lowest BCUT2D eigenvalue weighted by Crippen LogP contribution is -2.34. The summed E-state index contributed by atoms with van der Waals surface area (Å²) >= 11 is 0. The normalized spacial score (nSPS) is 16.6. The highest BCUT2D eigenvalue weighted by Gasteiger charge is 2.19. The Morgan fingerprint density at radius 3 is 2.47 bits per heavy atom. The molecule has 1 amide bonds. The predicted octanol–water partition coefficient (Wildman–Crippen LogP) is 1.79. The molecule has 0 spiro atoms. The van der Waals surface area contributed by atoms with Gasteiger partial charge in [-0.05, 0) is 26.7 Å². The van der Waals surface area contributed by atoms with Crippen molar-refractivity contribution in [1.29, 1.82) is 5.26 Å². The van der Waals surface area contributed by atoms with E-state index in [9.17, 15) is 4.79 Å². The van der Waals surface area contributed by atoms with E-state index < -0.39 is 0 Å². The molecule has 0 aromatic heterocycles. The Morgan fingerprint density at radius 2 is 2.00 bits per heavy atom. The SMILES string of the molecule is CCN(/C=C(/C#N)C(=O)NC1CCCC1)CC. The van der Waals surface area contributed by atoms with E-state index in [-0.39, 0.29) is 17.5 Å². The predicted molar refractivity (Wildman–Crippen MR) is 67.0 cm³/mol. The molecule has 0 bridgehead atoms.